The molecule has 0 fully saturated rings. The van der Waals surface area contributed by atoms with Crippen LogP contribution >= 0.6 is 11.6 Å². The Morgan fingerprint density at radius 3 is 2.58 bits per heavy atom. The van der Waals surface area contributed by atoms with Gasteiger partial charge in [-0.05, 0) is 78.4 Å². The van der Waals surface area contributed by atoms with Gasteiger partial charge in [-0.1, -0.05) is 48.0 Å². The van der Waals surface area contributed by atoms with Crippen LogP contribution < -0.4 is 4.72 Å². The van der Waals surface area contributed by atoms with Gasteiger partial charge >= 0.3 is 0 Å². The number of aromatic hydroxyl groups is 1. The molecular formula is C26H27ClN2O3S. The molecule has 0 saturated heterocycles. The van der Waals surface area contributed by atoms with Crippen LogP contribution in [0.2, 0.25) is 5.02 Å². The molecule has 0 aromatic heterocycles. The number of sulfonamides is 1. The number of benzene rings is 3. The molecule has 172 valence electrons. The van der Waals surface area contributed by atoms with E-state index in [-0.39, 0.29) is 17.4 Å². The van der Waals surface area contributed by atoms with Crippen LogP contribution in [-0.4, -0.2) is 38.1 Å². The quantitative estimate of drug-likeness (QED) is 0.553. The Morgan fingerprint density at radius 1 is 1.03 bits per heavy atom. The van der Waals surface area contributed by atoms with E-state index in [1.54, 1.807) is 0 Å². The highest BCUT2D eigenvalue weighted by atomic mass is 35.5. The van der Waals surface area contributed by atoms with E-state index in [1.165, 1.54) is 5.56 Å². The second-order valence-corrected chi connectivity index (χ2v) is 11.2. The number of anilines is 1. The van der Waals surface area contributed by atoms with Gasteiger partial charge in [-0.15, -0.1) is 0 Å². The van der Waals surface area contributed by atoms with Crippen LogP contribution in [-0.2, 0) is 28.6 Å². The van der Waals surface area contributed by atoms with Gasteiger partial charge < -0.3 is 10.0 Å². The maximum absolute atomic E-state index is 12.7. The number of likely N-dealkylation sites (N-methyl/N-ethyl adjacent to an activating group) is 1. The Hall–Kier alpha value is -2.54. The van der Waals surface area contributed by atoms with Gasteiger partial charge in [0.05, 0.1) is 10.8 Å². The van der Waals surface area contributed by atoms with Crippen LogP contribution in [0.1, 0.15) is 40.2 Å². The molecule has 1 aliphatic heterocycles. The zero-order valence-corrected chi connectivity index (χ0v) is 20.0. The third-order valence-corrected chi connectivity index (χ3v) is 8.45. The largest absolute Gasteiger partial charge is 0.506 e. The van der Waals surface area contributed by atoms with Crippen molar-refractivity contribution in [2.45, 2.75) is 37.0 Å². The van der Waals surface area contributed by atoms with Crippen LogP contribution in [0, 0.1) is 0 Å². The predicted molar refractivity (Wildman–Crippen MR) is 133 cm³/mol. The number of phenols is 1. The van der Waals surface area contributed by atoms with E-state index in [9.17, 15) is 13.5 Å². The van der Waals surface area contributed by atoms with Gasteiger partial charge in [0, 0.05) is 24.2 Å². The highest BCUT2D eigenvalue weighted by Gasteiger charge is 2.37. The predicted octanol–water partition coefficient (Wildman–Crippen LogP) is 4.92. The van der Waals surface area contributed by atoms with Crippen LogP contribution in [0.15, 0.2) is 60.7 Å². The standard InChI is InChI=1S/C26H27ClN2O3S/c1-29-12-11-19-14-23(27)25(30)15-22(19)26-21-9-8-20(13-18(21)7-10-24(26)29)28-33(31,32)16-17-5-3-2-4-6-17/h2-6,8-9,13-15,24,26,28,30H,7,10-12,16H2,1H3. The Morgan fingerprint density at radius 2 is 1.79 bits per heavy atom. The van der Waals surface area contributed by atoms with Gasteiger partial charge in [-0.25, -0.2) is 8.42 Å². The van der Waals surface area contributed by atoms with E-state index in [2.05, 4.69) is 16.7 Å². The molecule has 2 unspecified atom stereocenters. The Bertz CT molecular complexity index is 1290. The summed E-state index contributed by atoms with van der Waals surface area (Å²) in [6.07, 6.45) is 2.73. The minimum absolute atomic E-state index is 0.0617. The monoisotopic (exact) mass is 482 g/mol. The average Bonchev–Trinajstić information content (AvgIpc) is 2.91. The first-order valence-corrected chi connectivity index (χ1v) is 13.2. The normalized spacial score (nSPS) is 20.3. The highest BCUT2D eigenvalue weighted by Crippen LogP contribution is 2.45. The van der Waals surface area contributed by atoms with E-state index >= 15 is 0 Å². The summed E-state index contributed by atoms with van der Waals surface area (Å²) in [6, 6.07) is 19.1. The Balaban J connectivity index is 1.48. The molecule has 2 N–H and O–H groups in total. The molecular weight excluding hydrogens is 456 g/mol. The molecule has 0 spiro atoms. The van der Waals surface area contributed by atoms with Gasteiger partial charge in [0.25, 0.3) is 0 Å². The van der Waals surface area contributed by atoms with E-state index < -0.39 is 10.0 Å². The van der Waals surface area contributed by atoms with E-state index in [4.69, 9.17) is 11.6 Å². The lowest BCUT2D eigenvalue weighted by atomic mass is 9.74. The number of aryl methyl sites for hydroxylation is 1. The number of phenolic OH excluding ortho intramolecular Hbond substituents is 1. The first-order chi connectivity index (χ1) is 15.8. The molecule has 3 aromatic rings. The van der Waals surface area contributed by atoms with Crippen molar-refractivity contribution in [3.05, 3.63) is 93.5 Å². The maximum atomic E-state index is 12.7. The van der Waals surface area contributed by atoms with Gasteiger partial charge in [0.15, 0.2) is 0 Å². The van der Waals surface area contributed by atoms with Crippen LogP contribution in [0.3, 0.4) is 0 Å². The van der Waals surface area contributed by atoms with E-state index in [0.717, 1.165) is 48.1 Å². The molecule has 0 radical (unpaired) electrons. The number of halogens is 1. The summed E-state index contributed by atoms with van der Waals surface area (Å²) in [4.78, 5) is 2.40. The Labute approximate surface area is 200 Å². The minimum Gasteiger partial charge on any atom is -0.506 e. The molecule has 7 heteroatoms. The molecule has 0 bridgehead atoms. The van der Waals surface area contributed by atoms with Crippen molar-refractivity contribution in [2.75, 3.05) is 18.3 Å². The SMILES string of the molecule is CN1CCc2cc(Cl)c(O)cc2C2c3ccc(NS(=O)(=O)Cc4ccccc4)cc3CCC21. The zero-order chi connectivity index (χ0) is 23.2. The smallest absolute Gasteiger partial charge is 0.236 e. The lowest BCUT2D eigenvalue weighted by Gasteiger charge is -2.38. The number of nitrogens with zero attached hydrogens (tertiary/aromatic N) is 1. The maximum Gasteiger partial charge on any atom is 0.236 e. The molecule has 0 amide bonds. The molecule has 2 aliphatic rings. The average molecular weight is 483 g/mol. The molecule has 1 heterocycles. The number of nitrogens with one attached hydrogen (secondary N) is 1. The van der Waals surface area contributed by atoms with Crippen molar-refractivity contribution in [2.24, 2.45) is 0 Å². The third kappa shape index (κ3) is 4.47. The molecule has 3 aromatic carbocycles. The number of fused-ring (bicyclic) bond motifs is 5. The van der Waals surface area contributed by atoms with E-state index in [1.807, 2.05) is 60.7 Å². The number of rotatable bonds is 4. The second kappa shape index (κ2) is 8.67. The molecule has 2 atom stereocenters. The summed E-state index contributed by atoms with van der Waals surface area (Å²) in [5.41, 5.74) is 5.95. The van der Waals surface area contributed by atoms with Crippen LogP contribution in [0.25, 0.3) is 0 Å². The molecule has 5 rings (SSSR count). The topological polar surface area (TPSA) is 69.6 Å². The van der Waals surface area contributed by atoms with Gasteiger partial charge in [0.2, 0.25) is 10.0 Å². The van der Waals surface area contributed by atoms with E-state index in [0.29, 0.717) is 16.8 Å². The summed E-state index contributed by atoms with van der Waals surface area (Å²) >= 11 is 6.22. The molecule has 33 heavy (non-hydrogen) atoms. The van der Waals surface area contributed by atoms with Crippen molar-refractivity contribution < 1.29 is 13.5 Å². The third-order valence-electron chi connectivity index (χ3n) is 6.89. The number of hydrogen-bond acceptors (Lipinski definition) is 4. The highest BCUT2D eigenvalue weighted by molar-refractivity contribution is 7.91. The summed E-state index contributed by atoms with van der Waals surface area (Å²) in [5, 5.41) is 10.7. The van der Waals surface area contributed by atoms with Crippen LogP contribution in [0.4, 0.5) is 5.69 Å². The fourth-order valence-electron chi connectivity index (χ4n) is 5.31. The first-order valence-electron chi connectivity index (χ1n) is 11.2. The van der Waals surface area contributed by atoms with Gasteiger partial charge in [0.1, 0.15) is 5.75 Å². The van der Waals surface area contributed by atoms with Crippen molar-refractivity contribution in [3.63, 3.8) is 0 Å². The van der Waals surface area contributed by atoms with Crippen molar-refractivity contribution in [3.8, 4) is 5.75 Å². The number of hydrogen-bond donors (Lipinski definition) is 2. The van der Waals surface area contributed by atoms with Crippen molar-refractivity contribution in [1.82, 2.24) is 4.90 Å². The Kier molecular flexibility index (Phi) is 5.85. The van der Waals surface area contributed by atoms with Crippen molar-refractivity contribution >= 4 is 27.3 Å². The zero-order valence-electron chi connectivity index (χ0n) is 18.5. The second-order valence-electron chi connectivity index (χ2n) is 9.08. The lowest BCUT2D eigenvalue weighted by molar-refractivity contribution is 0.214. The summed E-state index contributed by atoms with van der Waals surface area (Å²) in [7, 11) is -1.36. The summed E-state index contributed by atoms with van der Waals surface area (Å²) < 4.78 is 28.2. The molecule has 1 aliphatic carbocycles. The molecule has 5 nitrogen and oxygen atoms in total. The first kappa shape index (κ1) is 22.3. The van der Waals surface area contributed by atoms with Gasteiger partial charge in [-0.3, -0.25) is 4.72 Å². The van der Waals surface area contributed by atoms with Crippen LogP contribution in [0.5, 0.6) is 5.75 Å². The summed E-state index contributed by atoms with van der Waals surface area (Å²) in [5.74, 6) is 0.152. The van der Waals surface area contributed by atoms with Crippen molar-refractivity contribution in [1.29, 1.82) is 0 Å². The fraction of sp³-hybridized carbons (Fsp3) is 0.308. The summed E-state index contributed by atoms with van der Waals surface area (Å²) in [6.45, 7) is 0.933. The van der Waals surface area contributed by atoms with Gasteiger partial charge in [-0.2, -0.15) is 0 Å². The minimum atomic E-state index is -3.52. The lowest BCUT2D eigenvalue weighted by Crippen LogP contribution is -2.39. The fourth-order valence-corrected chi connectivity index (χ4v) is 6.69. The molecule has 0 saturated carbocycles.